The third-order valence-electron chi connectivity index (χ3n) is 5.32. The van der Waals surface area contributed by atoms with Crippen LogP contribution in [0, 0.1) is 0 Å². The average molecular weight is 519 g/mol. The van der Waals surface area contributed by atoms with E-state index in [1.165, 1.54) is 0 Å². The average Bonchev–Trinajstić information content (AvgIpc) is 3.29. The summed E-state index contributed by atoms with van der Waals surface area (Å²) < 4.78 is 13.3. The molecule has 0 unspecified atom stereocenters. The van der Waals surface area contributed by atoms with Gasteiger partial charge in [0.1, 0.15) is 6.61 Å². The van der Waals surface area contributed by atoms with Crippen molar-refractivity contribution in [2.24, 2.45) is 22.4 Å². The number of benzene rings is 1. The quantitative estimate of drug-likeness (QED) is 0.0733. The fourth-order valence-corrected chi connectivity index (χ4v) is 3.09. The second kappa shape index (κ2) is 16.5. The zero-order valence-electron chi connectivity index (χ0n) is 24.2. The normalized spacial score (nSPS) is 12.1. The van der Waals surface area contributed by atoms with Crippen molar-refractivity contribution in [2.45, 2.75) is 47.8 Å². The predicted octanol–water partition coefficient (Wildman–Crippen LogP) is 7.40. The molecule has 0 aliphatic heterocycles. The summed E-state index contributed by atoms with van der Waals surface area (Å²) in [5, 5.41) is 14.0. The number of methoxy groups -OCH3 is 1. The first kappa shape index (κ1) is 31.8. The Hall–Kier alpha value is -4.20. The molecule has 8 nitrogen and oxygen atoms in total. The number of aromatic nitrogens is 2. The molecule has 0 saturated heterocycles. The smallest absolute Gasteiger partial charge is 0.224 e. The molecule has 2 rings (SSSR count). The van der Waals surface area contributed by atoms with Gasteiger partial charge in [0.05, 0.1) is 49.6 Å². The first-order valence-corrected chi connectivity index (χ1v) is 12.5. The van der Waals surface area contributed by atoms with Crippen molar-refractivity contribution in [3.8, 4) is 0 Å². The summed E-state index contributed by atoms with van der Waals surface area (Å²) in [5.74, 6) is 1.19. The molecular weight excluding hydrogens is 476 g/mol. The number of ether oxygens (including phenoxy) is 2. The van der Waals surface area contributed by atoms with E-state index in [1.54, 1.807) is 36.1 Å². The van der Waals surface area contributed by atoms with Crippen molar-refractivity contribution in [1.29, 1.82) is 0 Å². The van der Waals surface area contributed by atoms with Gasteiger partial charge in [-0.1, -0.05) is 80.8 Å². The van der Waals surface area contributed by atoms with Crippen molar-refractivity contribution < 1.29 is 9.47 Å². The summed E-state index contributed by atoms with van der Waals surface area (Å²) in [6.07, 6.45) is 7.37. The summed E-state index contributed by atoms with van der Waals surface area (Å²) in [6.45, 7) is 22.5. The molecule has 0 atom stereocenters. The molecule has 2 aromatic rings. The highest BCUT2D eigenvalue weighted by Gasteiger charge is 2.17. The number of hydrogen-bond acceptors (Lipinski definition) is 6. The monoisotopic (exact) mass is 518 g/mol. The van der Waals surface area contributed by atoms with Crippen LogP contribution in [0.4, 0.5) is 0 Å². The minimum Gasteiger partial charge on any atom is -0.492 e. The minimum absolute atomic E-state index is 0.313. The van der Waals surface area contributed by atoms with Crippen LogP contribution < -0.4 is 0 Å². The lowest BCUT2D eigenvalue weighted by Gasteiger charge is -2.17. The Labute approximate surface area is 228 Å². The molecule has 0 saturated carbocycles. The van der Waals surface area contributed by atoms with E-state index in [2.05, 4.69) is 40.2 Å². The van der Waals surface area contributed by atoms with Gasteiger partial charge in [-0.25, -0.2) is 10.0 Å². The molecule has 0 amide bonds. The fourth-order valence-electron chi connectivity index (χ4n) is 3.09. The molecule has 0 aliphatic carbocycles. The van der Waals surface area contributed by atoms with E-state index >= 15 is 0 Å². The SMILES string of the molecule is C=C/C(C)=C\C=C(/C)OCc1c(C(=NC(=C)c2ccc(CN(N=NC)C(=C)C)cc2)OC)cnn1C.CC. The number of nitrogens with zero attached hydrogens (tertiary/aromatic N) is 6. The molecule has 0 fully saturated rings. The standard InChI is InChI=1S/C28H36N6O2.C2H6/c1-10-21(4)11-12-22(5)36-19-27-26(17-30-33(27)8)28(35-9)31-23(6)25-15-13-24(14-16-25)18-34(20(2)3)32-29-7;1-2/h10-17H,1-2,6,18-19H2,3-5,7-9H3;1-2H3/b21-11-,22-12+,31-28?,32-29?;. The van der Waals surface area contributed by atoms with Crippen LogP contribution in [0.1, 0.15) is 57.0 Å². The maximum atomic E-state index is 5.93. The van der Waals surface area contributed by atoms with E-state index in [9.17, 15) is 0 Å². The van der Waals surface area contributed by atoms with Crippen LogP contribution in [0.25, 0.3) is 5.70 Å². The minimum atomic E-state index is 0.313. The lowest BCUT2D eigenvalue weighted by Crippen LogP contribution is -2.13. The Morgan fingerprint density at radius 1 is 1.11 bits per heavy atom. The number of allylic oxidation sites excluding steroid dienone is 6. The molecule has 0 N–H and O–H groups in total. The van der Waals surface area contributed by atoms with E-state index in [4.69, 9.17) is 9.47 Å². The maximum Gasteiger partial charge on any atom is 0.224 e. The largest absolute Gasteiger partial charge is 0.492 e. The van der Waals surface area contributed by atoms with Gasteiger partial charge in [-0.3, -0.25) is 4.68 Å². The van der Waals surface area contributed by atoms with E-state index in [0.717, 1.165) is 39.4 Å². The van der Waals surface area contributed by atoms with Gasteiger partial charge < -0.3 is 9.47 Å². The highest BCUT2D eigenvalue weighted by atomic mass is 16.5. The molecule has 1 aromatic carbocycles. The summed E-state index contributed by atoms with van der Waals surface area (Å²) in [5.41, 5.74) is 5.95. The lowest BCUT2D eigenvalue weighted by molar-refractivity contribution is 0.193. The Morgan fingerprint density at radius 3 is 2.32 bits per heavy atom. The second-order valence-corrected chi connectivity index (χ2v) is 8.16. The van der Waals surface area contributed by atoms with Crippen LogP contribution in [0.3, 0.4) is 0 Å². The Morgan fingerprint density at radius 2 is 1.76 bits per heavy atom. The van der Waals surface area contributed by atoms with Crippen molar-refractivity contribution in [3.05, 3.63) is 108 Å². The third-order valence-corrected chi connectivity index (χ3v) is 5.32. The van der Waals surface area contributed by atoms with Crippen LogP contribution in [0.5, 0.6) is 0 Å². The number of aliphatic imine (C=N–C) groups is 1. The van der Waals surface area contributed by atoms with Crippen molar-refractivity contribution in [3.63, 3.8) is 0 Å². The first-order chi connectivity index (χ1) is 18.2. The second-order valence-electron chi connectivity index (χ2n) is 8.16. The van der Waals surface area contributed by atoms with Gasteiger partial charge in [-0.15, -0.1) is 0 Å². The maximum absolute atomic E-state index is 5.93. The van der Waals surface area contributed by atoms with Crippen LogP contribution in [0.15, 0.2) is 101 Å². The molecule has 204 valence electrons. The lowest BCUT2D eigenvalue weighted by atomic mass is 10.1. The molecule has 1 aromatic heterocycles. The predicted molar refractivity (Wildman–Crippen MR) is 157 cm³/mol. The van der Waals surface area contributed by atoms with E-state index in [0.29, 0.717) is 24.7 Å². The zero-order valence-corrected chi connectivity index (χ0v) is 24.2. The van der Waals surface area contributed by atoms with Gasteiger partial charge in [0.15, 0.2) is 0 Å². The highest BCUT2D eigenvalue weighted by Crippen LogP contribution is 2.20. The van der Waals surface area contributed by atoms with Crippen LogP contribution in [-0.4, -0.2) is 34.8 Å². The number of aryl methyl sites for hydroxylation is 1. The van der Waals surface area contributed by atoms with Crippen molar-refractivity contribution >= 4 is 11.6 Å². The first-order valence-electron chi connectivity index (χ1n) is 12.5. The zero-order chi connectivity index (χ0) is 28.7. The Balaban J connectivity index is 0.00000352. The topological polar surface area (TPSA) is 76.6 Å². The van der Waals surface area contributed by atoms with Gasteiger partial charge in [-0.2, -0.15) is 10.2 Å². The molecule has 0 spiro atoms. The summed E-state index contributed by atoms with van der Waals surface area (Å²) in [7, 11) is 5.07. The fraction of sp³-hybridized carbons (Fsp3) is 0.333. The molecule has 8 heteroatoms. The third kappa shape index (κ3) is 9.69. The Bertz CT molecular complexity index is 1200. The molecule has 1 heterocycles. The Kier molecular flexibility index (Phi) is 13.8. The highest BCUT2D eigenvalue weighted by molar-refractivity contribution is 5.98. The summed E-state index contributed by atoms with van der Waals surface area (Å²) in [6, 6.07) is 7.94. The van der Waals surface area contributed by atoms with E-state index in [1.807, 2.05) is 78.1 Å². The van der Waals surface area contributed by atoms with Crippen molar-refractivity contribution in [2.75, 3.05) is 14.2 Å². The van der Waals surface area contributed by atoms with Gasteiger partial charge in [0.25, 0.3) is 0 Å². The molecule has 0 aliphatic rings. The van der Waals surface area contributed by atoms with Gasteiger partial charge in [0, 0.05) is 12.7 Å². The summed E-state index contributed by atoms with van der Waals surface area (Å²) >= 11 is 0. The van der Waals surface area contributed by atoms with Crippen molar-refractivity contribution in [1.82, 2.24) is 14.8 Å². The van der Waals surface area contributed by atoms with Crippen LogP contribution in [-0.2, 0) is 29.7 Å². The van der Waals surface area contributed by atoms with Crippen LogP contribution >= 0.6 is 0 Å². The number of hydrogen-bond donors (Lipinski definition) is 0. The van der Waals surface area contributed by atoms with Gasteiger partial charge in [0.2, 0.25) is 5.90 Å². The summed E-state index contributed by atoms with van der Waals surface area (Å²) in [4.78, 5) is 4.65. The van der Waals surface area contributed by atoms with E-state index in [-0.39, 0.29) is 0 Å². The van der Waals surface area contributed by atoms with Crippen LogP contribution in [0.2, 0.25) is 0 Å². The number of rotatable bonds is 12. The molecule has 0 radical (unpaired) electrons. The molecule has 38 heavy (non-hydrogen) atoms. The van der Waals surface area contributed by atoms with Gasteiger partial charge >= 0.3 is 0 Å². The molecule has 0 bridgehead atoms. The molecular formula is C30H42N6O2. The van der Waals surface area contributed by atoms with E-state index < -0.39 is 0 Å². The van der Waals surface area contributed by atoms with Gasteiger partial charge in [-0.05, 0) is 38.0 Å².